The van der Waals surface area contributed by atoms with Gasteiger partial charge >= 0.3 is 11.9 Å². The molecule has 0 aliphatic heterocycles. The molecule has 102 valence electrons. The van der Waals surface area contributed by atoms with Gasteiger partial charge in [0, 0.05) is 5.38 Å². The Kier molecular flexibility index (Phi) is 7.87. The van der Waals surface area contributed by atoms with Crippen molar-refractivity contribution in [1.82, 2.24) is 0 Å². The highest BCUT2D eigenvalue weighted by Gasteiger charge is 2.18. The molecule has 6 heteroatoms. The summed E-state index contributed by atoms with van der Waals surface area (Å²) in [7, 11) is 0. The lowest BCUT2D eigenvalue weighted by atomic mass is 10.2. The summed E-state index contributed by atoms with van der Waals surface area (Å²) < 4.78 is 4.41. The molecule has 2 N–H and O–H groups in total. The van der Waals surface area contributed by atoms with Crippen LogP contribution >= 0.6 is 11.6 Å². The Hall–Kier alpha value is -1.49. The van der Waals surface area contributed by atoms with E-state index in [0.717, 1.165) is 18.8 Å². The van der Waals surface area contributed by atoms with Gasteiger partial charge in [-0.25, -0.2) is 9.59 Å². The third-order valence-corrected chi connectivity index (χ3v) is 2.26. The minimum atomic E-state index is -1.38. The number of furan rings is 1. The fraction of sp³-hybridized carbons (Fsp3) is 0.500. The zero-order valence-corrected chi connectivity index (χ0v) is 11.1. The van der Waals surface area contributed by atoms with Crippen molar-refractivity contribution in [3.63, 3.8) is 0 Å². The van der Waals surface area contributed by atoms with E-state index in [4.69, 9.17) is 21.8 Å². The molecule has 0 fully saturated rings. The maximum Gasteiger partial charge on any atom is 0.372 e. The molecule has 0 saturated heterocycles. The zero-order chi connectivity index (χ0) is 14.1. The summed E-state index contributed by atoms with van der Waals surface area (Å²) in [5.41, 5.74) is -0.336. The van der Waals surface area contributed by atoms with E-state index in [1.54, 1.807) is 0 Å². The lowest BCUT2D eigenvalue weighted by molar-refractivity contribution is 0.0626. The standard InChI is InChI=1S/C6H13Cl.C6H4O5/c1-3-4-5-6(2)7;7-5(8)3-1-2-11-4(3)6(9)10/h6H,3-5H2,1-2H3;1-2H,(H,7,8)(H,9,10). The molecule has 0 aliphatic rings. The zero-order valence-electron chi connectivity index (χ0n) is 10.4. The Morgan fingerprint density at radius 2 is 2.00 bits per heavy atom. The van der Waals surface area contributed by atoms with Gasteiger partial charge in [-0.15, -0.1) is 11.6 Å². The van der Waals surface area contributed by atoms with Gasteiger partial charge < -0.3 is 14.6 Å². The van der Waals surface area contributed by atoms with Gasteiger partial charge in [0.15, 0.2) is 0 Å². The Balaban J connectivity index is 0.000000360. The molecule has 5 nitrogen and oxygen atoms in total. The maximum absolute atomic E-state index is 10.3. The molecule has 0 bridgehead atoms. The van der Waals surface area contributed by atoms with Gasteiger partial charge in [0.2, 0.25) is 5.76 Å². The van der Waals surface area contributed by atoms with Crippen LogP contribution in [0.25, 0.3) is 0 Å². The number of hydrogen-bond donors (Lipinski definition) is 2. The van der Waals surface area contributed by atoms with E-state index in [-0.39, 0.29) is 5.56 Å². The first-order chi connectivity index (χ1) is 8.40. The van der Waals surface area contributed by atoms with Gasteiger partial charge in [-0.1, -0.05) is 19.8 Å². The van der Waals surface area contributed by atoms with Crippen LogP contribution in [0.3, 0.4) is 0 Å². The van der Waals surface area contributed by atoms with Crippen LogP contribution in [0.1, 0.15) is 54.0 Å². The van der Waals surface area contributed by atoms with Crippen LogP contribution in [0.15, 0.2) is 16.7 Å². The van der Waals surface area contributed by atoms with Gasteiger partial charge in [-0.3, -0.25) is 0 Å². The molecule has 1 aromatic rings. The van der Waals surface area contributed by atoms with E-state index in [1.165, 1.54) is 12.8 Å². The number of carboxylic acids is 2. The average molecular weight is 277 g/mol. The van der Waals surface area contributed by atoms with Crippen LogP contribution in [0.4, 0.5) is 0 Å². The minimum Gasteiger partial charge on any atom is -0.478 e. The Labute approximate surface area is 110 Å². The van der Waals surface area contributed by atoms with E-state index >= 15 is 0 Å². The SMILES string of the molecule is CCCCC(C)Cl.O=C(O)c1ccoc1C(=O)O. The number of carbonyl (C=O) groups is 2. The van der Waals surface area contributed by atoms with Crippen molar-refractivity contribution >= 4 is 23.5 Å². The molecule has 0 amide bonds. The molecule has 0 radical (unpaired) electrons. The summed E-state index contributed by atoms with van der Waals surface area (Å²) >= 11 is 5.66. The molecular formula is C12H17ClO5. The van der Waals surface area contributed by atoms with Crippen molar-refractivity contribution in [3.8, 4) is 0 Å². The number of unbranched alkanes of at least 4 members (excludes halogenated alkanes) is 1. The topological polar surface area (TPSA) is 87.7 Å². The van der Waals surface area contributed by atoms with Crippen LogP contribution in [0.5, 0.6) is 0 Å². The van der Waals surface area contributed by atoms with Crippen molar-refractivity contribution in [2.45, 2.75) is 38.5 Å². The Morgan fingerprint density at radius 1 is 1.39 bits per heavy atom. The van der Waals surface area contributed by atoms with Gasteiger partial charge in [0.1, 0.15) is 5.56 Å². The van der Waals surface area contributed by atoms with Crippen LogP contribution in [-0.4, -0.2) is 27.5 Å². The lowest BCUT2D eigenvalue weighted by Crippen LogP contribution is -2.03. The fourth-order valence-corrected chi connectivity index (χ4v) is 1.28. The van der Waals surface area contributed by atoms with Crippen molar-refractivity contribution < 1.29 is 24.2 Å². The summed E-state index contributed by atoms with van der Waals surface area (Å²) in [6.45, 7) is 4.22. The van der Waals surface area contributed by atoms with Crippen LogP contribution < -0.4 is 0 Å². The second kappa shape index (κ2) is 8.58. The highest BCUT2D eigenvalue weighted by Crippen LogP contribution is 2.09. The van der Waals surface area contributed by atoms with E-state index in [2.05, 4.69) is 11.3 Å². The normalized spacial score (nSPS) is 11.3. The third-order valence-electron chi connectivity index (χ3n) is 2.05. The molecule has 0 saturated carbocycles. The molecule has 1 heterocycles. The molecule has 1 rings (SSSR count). The number of alkyl halides is 1. The second-order valence-electron chi connectivity index (χ2n) is 3.70. The summed E-state index contributed by atoms with van der Waals surface area (Å²) in [5, 5.41) is 17.1. The smallest absolute Gasteiger partial charge is 0.372 e. The van der Waals surface area contributed by atoms with E-state index in [9.17, 15) is 9.59 Å². The highest BCUT2D eigenvalue weighted by molar-refractivity contribution is 6.20. The fourth-order valence-electron chi connectivity index (χ4n) is 1.13. The predicted molar refractivity (Wildman–Crippen MR) is 67.5 cm³/mol. The summed E-state index contributed by atoms with van der Waals surface area (Å²) in [5.74, 6) is -3.24. The van der Waals surface area contributed by atoms with Crippen molar-refractivity contribution in [3.05, 3.63) is 23.7 Å². The van der Waals surface area contributed by atoms with Gasteiger partial charge in [0.25, 0.3) is 0 Å². The first-order valence-corrected chi connectivity index (χ1v) is 6.01. The first kappa shape index (κ1) is 16.5. The number of halogens is 1. The van der Waals surface area contributed by atoms with Crippen LogP contribution in [0, 0.1) is 0 Å². The molecule has 1 unspecified atom stereocenters. The van der Waals surface area contributed by atoms with E-state index in [0.29, 0.717) is 5.38 Å². The molecule has 0 aliphatic carbocycles. The predicted octanol–water partition coefficient (Wildman–Crippen LogP) is 3.48. The third kappa shape index (κ3) is 6.30. The van der Waals surface area contributed by atoms with Crippen molar-refractivity contribution in [2.75, 3.05) is 0 Å². The number of aromatic carboxylic acids is 2. The van der Waals surface area contributed by atoms with Crippen LogP contribution in [-0.2, 0) is 0 Å². The molecule has 0 spiro atoms. The Bertz CT molecular complexity index is 355. The molecular weight excluding hydrogens is 260 g/mol. The number of carboxylic acid groups (broad SMARTS) is 2. The average Bonchev–Trinajstić information content (AvgIpc) is 2.76. The number of hydrogen-bond acceptors (Lipinski definition) is 3. The molecule has 0 aromatic carbocycles. The van der Waals surface area contributed by atoms with E-state index < -0.39 is 17.7 Å². The van der Waals surface area contributed by atoms with Crippen LogP contribution in [0.2, 0.25) is 0 Å². The van der Waals surface area contributed by atoms with Crippen molar-refractivity contribution in [2.24, 2.45) is 0 Å². The first-order valence-electron chi connectivity index (χ1n) is 5.58. The quantitative estimate of drug-likeness (QED) is 0.804. The highest BCUT2D eigenvalue weighted by atomic mass is 35.5. The van der Waals surface area contributed by atoms with Crippen molar-refractivity contribution in [1.29, 1.82) is 0 Å². The molecule has 1 atom stereocenters. The monoisotopic (exact) mass is 276 g/mol. The Morgan fingerprint density at radius 3 is 2.28 bits per heavy atom. The van der Waals surface area contributed by atoms with Gasteiger partial charge in [-0.05, 0) is 19.4 Å². The second-order valence-corrected chi connectivity index (χ2v) is 4.44. The molecule has 1 aromatic heterocycles. The number of rotatable bonds is 5. The lowest BCUT2D eigenvalue weighted by Gasteiger charge is -1.96. The van der Waals surface area contributed by atoms with Gasteiger partial charge in [0.05, 0.1) is 6.26 Å². The van der Waals surface area contributed by atoms with E-state index in [1.807, 2.05) is 6.92 Å². The minimum absolute atomic E-state index is 0.336. The summed E-state index contributed by atoms with van der Waals surface area (Å²) in [4.78, 5) is 20.5. The summed E-state index contributed by atoms with van der Waals surface area (Å²) in [6.07, 6.45) is 4.71. The van der Waals surface area contributed by atoms with Gasteiger partial charge in [-0.2, -0.15) is 0 Å². The largest absolute Gasteiger partial charge is 0.478 e. The molecule has 18 heavy (non-hydrogen) atoms. The summed E-state index contributed by atoms with van der Waals surface area (Å²) in [6, 6.07) is 1.09. The maximum atomic E-state index is 10.3.